The van der Waals surface area contributed by atoms with E-state index in [1.54, 1.807) is 23.7 Å². The minimum absolute atomic E-state index is 0.748. The van der Waals surface area contributed by atoms with Crippen molar-refractivity contribution in [3.8, 4) is 23.0 Å². The van der Waals surface area contributed by atoms with Crippen LogP contribution >= 0.6 is 11.3 Å². The highest BCUT2D eigenvalue weighted by Gasteiger charge is 2.11. The minimum atomic E-state index is 0.748. The zero-order valence-corrected chi connectivity index (χ0v) is 15.7. The summed E-state index contributed by atoms with van der Waals surface area (Å²) in [5, 5.41) is 4.05. The van der Waals surface area contributed by atoms with Crippen LogP contribution in [-0.2, 0) is 6.42 Å². The van der Waals surface area contributed by atoms with E-state index in [0.717, 1.165) is 50.9 Å². The Balaban J connectivity index is 1.35. The van der Waals surface area contributed by atoms with E-state index in [1.165, 1.54) is 0 Å². The predicted molar refractivity (Wildman–Crippen MR) is 111 cm³/mol. The molecule has 0 N–H and O–H groups in total. The molecule has 0 unspecified atom stereocenters. The smallest absolute Gasteiger partial charge is 0.154 e. The van der Waals surface area contributed by atoms with Crippen LogP contribution in [0.2, 0.25) is 0 Å². The molecule has 0 saturated heterocycles. The molecule has 0 amide bonds. The van der Waals surface area contributed by atoms with E-state index in [2.05, 4.69) is 17.1 Å². The van der Waals surface area contributed by atoms with Crippen molar-refractivity contribution in [3.05, 3.63) is 95.1 Å². The van der Waals surface area contributed by atoms with Gasteiger partial charge in [0.2, 0.25) is 0 Å². The van der Waals surface area contributed by atoms with Crippen LogP contribution in [0, 0.1) is 0 Å². The molecule has 5 aromatic rings. The van der Waals surface area contributed by atoms with Crippen molar-refractivity contribution in [1.29, 1.82) is 0 Å². The molecule has 3 heterocycles. The minimum Gasteiger partial charge on any atom is -0.457 e. The van der Waals surface area contributed by atoms with Crippen LogP contribution in [0.4, 0.5) is 0 Å². The first kappa shape index (κ1) is 16.7. The quantitative estimate of drug-likeness (QED) is 0.355. The first-order valence-electron chi connectivity index (χ1n) is 8.94. The van der Waals surface area contributed by atoms with Crippen LogP contribution in [0.25, 0.3) is 22.4 Å². The number of thiazole rings is 1. The van der Waals surface area contributed by atoms with Gasteiger partial charge >= 0.3 is 0 Å². The molecule has 0 aliphatic rings. The maximum Gasteiger partial charge on any atom is 0.154 e. The molecule has 3 aromatic heterocycles. The number of hydrogen-bond donors (Lipinski definition) is 0. The Kier molecular flexibility index (Phi) is 4.35. The van der Waals surface area contributed by atoms with Crippen LogP contribution < -0.4 is 4.74 Å². The van der Waals surface area contributed by atoms with Gasteiger partial charge in [-0.25, -0.2) is 4.98 Å². The van der Waals surface area contributed by atoms with Crippen LogP contribution in [0.3, 0.4) is 0 Å². The summed E-state index contributed by atoms with van der Waals surface area (Å²) in [6.07, 6.45) is 4.28. The second kappa shape index (κ2) is 7.29. The highest BCUT2D eigenvalue weighted by Crippen LogP contribution is 2.29. The Hall–Kier alpha value is -3.44. The maximum absolute atomic E-state index is 5.93. The lowest BCUT2D eigenvalue weighted by atomic mass is 10.1. The van der Waals surface area contributed by atoms with Crippen LogP contribution in [-0.4, -0.2) is 9.97 Å². The summed E-state index contributed by atoms with van der Waals surface area (Å²) < 4.78 is 11.8. The van der Waals surface area contributed by atoms with Gasteiger partial charge in [-0.15, -0.1) is 11.3 Å². The number of benzene rings is 2. The van der Waals surface area contributed by atoms with Crippen molar-refractivity contribution in [2.24, 2.45) is 0 Å². The van der Waals surface area contributed by atoms with Gasteiger partial charge in [0.1, 0.15) is 22.8 Å². The van der Waals surface area contributed by atoms with Gasteiger partial charge in [-0.1, -0.05) is 30.3 Å². The number of rotatable bonds is 5. The lowest BCUT2D eigenvalue weighted by Crippen LogP contribution is -1.89. The average Bonchev–Trinajstić information content (AvgIpc) is 3.36. The number of furan rings is 1. The second-order valence-electron chi connectivity index (χ2n) is 6.39. The van der Waals surface area contributed by atoms with Gasteiger partial charge in [0.15, 0.2) is 5.76 Å². The van der Waals surface area contributed by atoms with Gasteiger partial charge in [-0.05, 0) is 42.0 Å². The van der Waals surface area contributed by atoms with Crippen molar-refractivity contribution in [2.75, 3.05) is 0 Å². The fourth-order valence-corrected chi connectivity index (χ4v) is 3.85. The summed E-state index contributed by atoms with van der Waals surface area (Å²) in [6, 6.07) is 21.8. The van der Waals surface area contributed by atoms with E-state index in [4.69, 9.17) is 14.1 Å². The molecule has 0 saturated carbocycles. The Morgan fingerprint density at radius 3 is 2.71 bits per heavy atom. The molecule has 2 aromatic carbocycles. The summed E-state index contributed by atoms with van der Waals surface area (Å²) in [4.78, 5) is 8.88. The zero-order chi connectivity index (χ0) is 18.8. The fourth-order valence-electron chi connectivity index (χ4n) is 3.03. The topological polar surface area (TPSA) is 48.2 Å². The molecule has 0 radical (unpaired) electrons. The van der Waals surface area contributed by atoms with Crippen molar-refractivity contribution >= 4 is 22.3 Å². The number of hydrogen-bond acceptors (Lipinski definition) is 5. The molecule has 0 bridgehead atoms. The SMILES string of the molecule is c1ccc(Oc2cccc(Cc3nc(-c4cc5cnccc5o4)cs3)c2)cc1. The zero-order valence-electron chi connectivity index (χ0n) is 14.9. The highest BCUT2D eigenvalue weighted by atomic mass is 32.1. The number of pyridine rings is 1. The van der Waals surface area contributed by atoms with E-state index in [9.17, 15) is 0 Å². The number of aromatic nitrogens is 2. The summed E-state index contributed by atoms with van der Waals surface area (Å²) >= 11 is 1.63. The lowest BCUT2D eigenvalue weighted by molar-refractivity contribution is 0.482. The van der Waals surface area contributed by atoms with Crippen molar-refractivity contribution in [2.45, 2.75) is 6.42 Å². The van der Waals surface area contributed by atoms with Gasteiger partial charge in [0.25, 0.3) is 0 Å². The van der Waals surface area contributed by atoms with Crippen LogP contribution in [0.15, 0.2) is 88.9 Å². The Bertz CT molecular complexity index is 1190. The molecule has 5 rings (SSSR count). The maximum atomic E-state index is 5.93. The molecular formula is C23H16N2O2S. The fraction of sp³-hybridized carbons (Fsp3) is 0.0435. The van der Waals surface area contributed by atoms with Gasteiger partial charge in [-0.3, -0.25) is 4.98 Å². The molecule has 5 heteroatoms. The summed E-state index contributed by atoms with van der Waals surface area (Å²) in [6.45, 7) is 0. The largest absolute Gasteiger partial charge is 0.457 e. The third kappa shape index (κ3) is 3.52. The summed E-state index contributed by atoms with van der Waals surface area (Å²) in [7, 11) is 0. The van der Waals surface area contributed by atoms with Gasteiger partial charge in [-0.2, -0.15) is 0 Å². The third-order valence-electron chi connectivity index (χ3n) is 4.35. The number of nitrogens with zero attached hydrogens (tertiary/aromatic N) is 2. The van der Waals surface area contributed by atoms with Gasteiger partial charge < -0.3 is 9.15 Å². The normalized spacial score (nSPS) is 11.0. The summed E-state index contributed by atoms with van der Waals surface area (Å²) in [5.74, 6) is 2.42. The molecule has 0 aliphatic heterocycles. The Labute approximate surface area is 166 Å². The number of ether oxygens (including phenoxy) is 1. The van der Waals surface area contributed by atoms with E-state index in [-0.39, 0.29) is 0 Å². The highest BCUT2D eigenvalue weighted by molar-refractivity contribution is 7.10. The molecule has 28 heavy (non-hydrogen) atoms. The molecule has 0 atom stereocenters. The Morgan fingerprint density at radius 2 is 1.82 bits per heavy atom. The average molecular weight is 384 g/mol. The summed E-state index contributed by atoms with van der Waals surface area (Å²) in [5.41, 5.74) is 2.83. The lowest BCUT2D eigenvalue weighted by Gasteiger charge is -2.07. The molecule has 0 spiro atoms. The van der Waals surface area contributed by atoms with Crippen LogP contribution in [0.1, 0.15) is 10.6 Å². The predicted octanol–water partition coefficient (Wildman–Crippen LogP) is 6.33. The van der Waals surface area contributed by atoms with Crippen molar-refractivity contribution in [1.82, 2.24) is 9.97 Å². The molecule has 0 fully saturated rings. The van der Waals surface area contributed by atoms with E-state index >= 15 is 0 Å². The number of fused-ring (bicyclic) bond motifs is 1. The van der Waals surface area contributed by atoms with E-state index < -0.39 is 0 Å². The molecular weight excluding hydrogens is 368 g/mol. The standard InChI is InChI=1S/C23H16N2O2S/c1-2-6-18(7-3-1)26-19-8-4-5-16(11-19)12-23-25-20(15-28-23)22-13-17-14-24-10-9-21(17)27-22/h1-11,13-15H,12H2. The number of para-hydroxylation sites is 1. The van der Waals surface area contributed by atoms with Gasteiger partial charge in [0.05, 0.1) is 5.01 Å². The molecule has 0 aliphatic carbocycles. The Morgan fingerprint density at radius 1 is 0.929 bits per heavy atom. The first-order valence-corrected chi connectivity index (χ1v) is 9.82. The molecule has 4 nitrogen and oxygen atoms in total. The third-order valence-corrected chi connectivity index (χ3v) is 5.20. The van der Waals surface area contributed by atoms with E-state index in [0.29, 0.717) is 0 Å². The monoisotopic (exact) mass is 384 g/mol. The van der Waals surface area contributed by atoms with Crippen LogP contribution in [0.5, 0.6) is 11.5 Å². The van der Waals surface area contributed by atoms with Crippen molar-refractivity contribution in [3.63, 3.8) is 0 Å². The van der Waals surface area contributed by atoms with E-state index in [1.807, 2.05) is 60.0 Å². The van der Waals surface area contributed by atoms with Crippen molar-refractivity contribution < 1.29 is 9.15 Å². The first-order chi connectivity index (χ1) is 13.8. The molecule has 136 valence electrons. The van der Waals surface area contributed by atoms with Gasteiger partial charge in [0, 0.05) is 29.6 Å². The second-order valence-corrected chi connectivity index (χ2v) is 7.33.